The summed E-state index contributed by atoms with van der Waals surface area (Å²) in [5, 5.41) is 19.0. The number of β-amino-alcohol motifs (C(OH)–C–C–N with tert-alkyl or cyclic N) is 1. The van der Waals surface area contributed by atoms with Crippen LogP contribution in [0.4, 0.5) is 0 Å². The molecule has 1 heterocycles. The van der Waals surface area contributed by atoms with Crippen molar-refractivity contribution in [2.75, 3.05) is 13.1 Å². The zero-order chi connectivity index (χ0) is 11.7. The monoisotopic (exact) mass is 215 g/mol. The smallest absolute Gasteiger partial charge is 0.323 e. The summed E-state index contributed by atoms with van der Waals surface area (Å²) in [5.41, 5.74) is -1.65. The molecule has 4 nitrogen and oxygen atoms in total. The number of hydrogen-bond acceptors (Lipinski definition) is 3. The van der Waals surface area contributed by atoms with E-state index in [0.29, 0.717) is 13.0 Å². The third kappa shape index (κ3) is 2.92. The van der Waals surface area contributed by atoms with Gasteiger partial charge < -0.3 is 10.2 Å². The first-order chi connectivity index (χ1) is 6.76. The lowest BCUT2D eigenvalue weighted by Crippen LogP contribution is -2.58. The first-order valence-corrected chi connectivity index (χ1v) is 5.46. The van der Waals surface area contributed by atoms with Gasteiger partial charge in [0.1, 0.15) is 5.54 Å². The number of carboxylic acids is 1. The Morgan fingerprint density at radius 2 is 2.07 bits per heavy atom. The first-order valence-electron chi connectivity index (χ1n) is 5.46. The van der Waals surface area contributed by atoms with E-state index < -0.39 is 17.1 Å². The second kappa shape index (κ2) is 4.10. The van der Waals surface area contributed by atoms with E-state index in [4.69, 9.17) is 0 Å². The van der Waals surface area contributed by atoms with Crippen LogP contribution >= 0.6 is 0 Å². The Kier molecular flexibility index (Phi) is 3.41. The maximum absolute atomic E-state index is 11.2. The number of rotatable bonds is 3. The molecule has 0 aromatic heterocycles. The molecule has 1 fully saturated rings. The van der Waals surface area contributed by atoms with E-state index in [9.17, 15) is 15.0 Å². The predicted octanol–water partition coefficient (Wildman–Crippen LogP) is 1.09. The summed E-state index contributed by atoms with van der Waals surface area (Å²) < 4.78 is 0. The second-order valence-corrected chi connectivity index (χ2v) is 5.27. The molecule has 2 N–H and O–H groups in total. The average molecular weight is 215 g/mol. The SMILES string of the molecule is CC(C)(O)CN1CCCCC1(C)C(=O)O. The fourth-order valence-electron chi connectivity index (χ4n) is 2.14. The van der Waals surface area contributed by atoms with Crippen molar-refractivity contribution in [3.63, 3.8) is 0 Å². The second-order valence-electron chi connectivity index (χ2n) is 5.27. The largest absolute Gasteiger partial charge is 0.480 e. The van der Waals surface area contributed by atoms with E-state index in [1.807, 2.05) is 4.90 Å². The van der Waals surface area contributed by atoms with Crippen LogP contribution in [0, 0.1) is 0 Å². The Hall–Kier alpha value is -0.610. The number of carbonyl (C=O) groups is 1. The molecule has 1 aliphatic heterocycles. The van der Waals surface area contributed by atoms with Gasteiger partial charge in [0.05, 0.1) is 5.60 Å². The van der Waals surface area contributed by atoms with Gasteiger partial charge >= 0.3 is 5.97 Å². The van der Waals surface area contributed by atoms with Gasteiger partial charge in [0, 0.05) is 6.54 Å². The van der Waals surface area contributed by atoms with Gasteiger partial charge in [-0.05, 0) is 46.6 Å². The number of nitrogens with zero attached hydrogens (tertiary/aromatic N) is 1. The third-order valence-corrected chi connectivity index (χ3v) is 3.08. The molecule has 1 saturated heterocycles. The van der Waals surface area contributed by atoms with E-state index in [-0.39, 0.29) is 0 Å². The van der Waals surface area contributed by atoms with Crippen LogP contribution in [0.25, 0.3) is 0 Å². The van der Waals surface area contributed by atoms with Crippen LogP contribution in [0.15, 0.2) is 0 Å². The molecule has 0 aromatic rings. The topological polar surface area (TPSA) is 60.8 Å². The van der Waals surface area contributed by atoms with Crippen molar-refractivity contribution in [3.05, 3.63) is 0 Å². The Labute approximate surface area is 90.9 Å². The minimum Gasteiger partial charge on any atom is -0.480 e. The molecule has 15 heavy (non-hydrogen) atoms. The Bertz CT molecular complexity index is 247. The highest BCUT2D eigenvalue weighted by molar-refractivity contribution is 5.78. The molecular weight excluding hydrogens is 194 g/mol. The Balaban J connectivity index is 2.79. The van der Waals surface area contributed by atoms with E-state index in [1.54, 1.807) is 20.8 Å². The molecule has 4 heteroatoms. The highest BCUT2D eigenvalue weighted by Crippen LogP contribution is 2.29. The number of piperidine rings is 1. The molecule has 0 spiro atoms. The van der Waals surface area contributed by atoms with Crippen LogP contribution in [0.3, 0.4) is 0 Å². The highest BCUT2D eigenvalue weighted by Gasteiger charge is 2.42. The van der Waals surface area contributed by atoms with Gasteiger partial charge in [-0.25, -0.2) is 0 Å². The van der Waals surface area contributed by atoms with Crippen LogP contribution in [-0.4, -0.2) is 45.3 Å². The van der Waals surface area contributed by atoms with Crippen LogP contribution in [-0.2, 0) is 4.79 Å². The zero-order valence-corrected chi connectivity index (χ0v) is 9.79. The maximum atomic E-state index is 11.2. The van der Waals surface area contributed by atoms with Crippen molar-refractivity contribution in [1.82, 2.24) is 4.90 Å². The van der Waals surface area contributed by atoms with Crippen molar-refractivity contribution in [1.29, 1.82) is 0 Å². The van der Waals surface area contributed by atoms with Crippen LogP contribution in [0.2, 0.25) is 0 Å². The minimum absolute atomic E-state index is 0.413. The summed E-state index contributed by atoms with van der Waals surface area (Å²) in [6.45, 7) is 6.34. The molecule has 0 saturated carbocycles. The summed E-state index contributed by atoms with van der Waals surface area (Å²) in [6, 6.07) is 0. The molecule has 1 atom stereocenters. The van der Waals surface area contributed by atoms with Gasteiger partial charge in [-0.3, -0.25) is 9.69 Å². The van der Waals surface area contributed by atoms with Crippen molar-refractivity contribution in [3.8, 4) is 0 Å². The number of aliphatic hydroxyl groups is 1. The number of aliphatic carboxylic acids is 1. The Morgan fingerprint density at radius 3 is 2.53 bits per heavy atom. The van der Waals surface area contributed by atoms with Crippen molar-refractivity contribution in [2.24, 2.45) is 0 Å². The van der Waals surface area contributed by atoms with Gasteiger partial charge in [-0.2, -0.15) is 0 Å². The molecule has 0 bridgehead atoms. The lowest BCUT2D eigenvalue weighted by atomic mass is 9.87. The fourth-order valence-corrected chi connectivity index (χ4v) is 2.14. The van der Waals surface area contributed by atoms with Crippen LogP contribution < -0.4 is 0 Å². The molecule has 1 unspecified atom stereocenters. The summed E-state index contributed by atoms with van der Waals surface area (Å²) >= 11 is 0. The minimum atomic E-state index is -0.839. The number of carboxylic acid groups (broad SMARTS) is 1. The standard InChI is InChI=1S/C11H21NO3/c1-10(2,15)8-12-7-5-4-6-11(12,3)9(13)14/h15H,4-8H2,1-3H3,(H,13,14). The summed E-state index contributed by atoms with van der Waals surface area (Å²) in [6.07, 6.45) is 2.63. The highest BCUT2D eigenvalue weighted by atomic mass is 16.4. The average Bonchev–Trinajstić information content (AvgIpc) is 2.06. The number of likely N-dealkylation sites (tertiary alicyclic amines) is 1. The molecule has 88 valence electrons. The number of hydrogen-bond donors (Lipinski definition) is 2. The van der Waals surface area contributed by atoms with Crippen molar-refractivity contribution >= 4 is 5.97 Å². The Morgan fingerprint density at radius 1 is 1.47 bits per heavy atom. The molecule has 1 aliphatic rings. The summed E-state index contributed by atoms with van der Waals surface area (Å²) in [4.78, 5) is 13.1. The summed E-state index contributed by atoms with van der Waals surface area (Å²) in [5.74, 6) is -0.786. The summed E-state index contributed by atoms with van der Waals surface area (Å²) in [7, 11) is 0. The molecule has 1 rings (SSSR count). The third-order valence-electron chi connectivity index (χ3n) is 3.08. The molecule has 0 aromatic carbocycles. The van der Waals surface area contributed by atoms with E-state index in [0.717, 1.165) is 19.4 Å². The van der Waals surface area contributed by atoms with Gasteiger partial charge in [0.25, 0.3) is 0 Å². The quantitative estimate of drug-likeness (QED) is 0.739. The normalized spacial score (nSPS) is 29.1. The lowest BCUT2D eigenvalue weighted by Gasteiger charge is -2.43. The van der Waals surface area contributed by atoms with E-state index in [1.165, 1.54) is 0 Å². The molecular formula is C11H21NO3. The van der Waals surface area contributed by atoms with E-state index in [2.05, 4.69) is 0 Å². The zero-order valence-electron chi connectivity index (χ0n) is 9.79. The van der Waals surface area contributed by atoms with E-state index >= 15 is 0 Å². The maximum Gasteiger partial charge on any atom is 0.323 e. The first kappa shape index (κ1) is 12.5. The van der Waals surface area contributed by atoms with Crippen molar-refractivity contribution in [2.45, 2.75) is 51.2 Å². The van der Waals surface area contributed by atoms with Gasteiger partial charge in [0.2, 0.25) is 0 Å². The molecule has 0 radical (unpaired) electrons. The molecule has 0 aliphatic carbocycles. The van der Waals surface area contributed by atoms with Gasteiger partial charge in [0.15, 0.2) is 0 Å². The molecule has 0 amide bonds. The predicted molar refractivity (Wildman–Crippen MR) is 57.8 cm³/mol. The fraction of sp³-hybridized carbons (Fsp3) is 0.909. The van der Waals surface area contributed by atoms with Gasteiger partial charge in [-0.15, -0.1) is 0 Å². The lowest BCUT2D eigenvalue weighted by molar-refractivity contribution is -0.155. The van der Waals surface area contributed by atoms with Crippen LogP contribution in [0.5, 0.6) is 0 Å². The van der Waals surface area contributed by atoms with Gasteiger partial charge in [-0.1, -0.05) is 0 Å². The van der Waals surface area contributed by atoms with Crippen molar-refractivity contribution < 1.29 is 15.0 Å². The van der Waals surface area contributed by atoms with Crippen LogP contribution in [0.1, 0.15) is 40.0 Å².